The zero-order valence-corrected chi connectivity index (χ0v) is 9.56. The lowest BCUT2D eigenvalue weighted by Crippen LogP contribution is -2.55. The molecule has 2 aliphatic rings. The highest BCUT2D eigenvalue weighted by Gasteiger charge is 2.48. The van der Waals surface area contributed by atoms with Gasteiger partial charge in [0.25, 0.3) is 0 Å². The number of alkyl halides is 2. The Morgan fingerprint density at radius 3 is 2.86 bits per heavy atom. The van der Waals surface area contributed by atoms with Crippen molar-refractivity contribution < 1.29 is 19.0 Å². The molecule has 1 aliphatic carbocycles. The Hall–Kier alpha value is -0.110. The lowest BCUT2D eigenvalue weighted by molar-refractivity contribution is 0.0843. The monoisotopic (exact) mass is 315 g/mol. The molecule has 1 aliphatic heterocycles. The maximum absolute atomic E-state index is 12.9. The maximum atomic E-state index is 12.9. The molecule has 1 saturated heterocycles. The van der Waals surface area contributed by atoms with Crippen LogP contribution < -0.4 is 0 Å². The van der Waals surface area contributed by atoms with Gasteiger partial charge in [-0.25, -0.2) is 9.18 Å². The third-order valence-corrected chi connectivity index (χ3v) is 4.30. The van der Waals surface area contributed by atoms with Crippen LogP contribution in [0.4, 0.5) is 9.18 Å². The molecule has 0 aromatic rings. The van der Waals surface area contributed by atoms with E-state index in [-0.39, 0.29) is 16.6 Å². The van der Waals surface area contributed by atoms with E-state index in [0.29, 0.717) is 13.0 Å². The number of aliphatic hydroxyl groups is 1. The highest BCUT2D eigenvalue weighted by molar-refractivity contribution is 14.1. The van der Waals surface area contributed by atoms with Gasteiger partial charge in [0.2, 0.25) is 0 Å². The van der Waals surface area contributed by atoms with Gasteiger partial charge in [0.05, 0.1) is 23.1 Å². The Balaban J connectivity index is 1.96. The largest absolute Gasteiger partial charge is 0.442 e. The number of rotatable bonds is 2. The van der Waals surface area contributed by atoms with Crippen LogP contribution in [0.2, 0.25) is 0 Å². The van der Waals surface area contributed by atoms with E-state index in [0.717, 1.165) is 0 Å². The minimum atomic E-state index is -0.818. The molecule has 6 heteroatoms. The van der Waals surface area contributed by atoms with Crippen LogP contribution in [0.5, 0.6) is 0 Å². The molecule has 0 aromatic heterocycles. The minimum Gasteiger partial charge on any atom is -0.442 e. The van der Waals surface area contributed by atoms with Gasteiger partial charge in [-0.05, 0) is 0 Å². The van der Waals surface area contributed by atoms with Crippen molar-refractivity contribution in [3.05, 3.63) is 0 Å². The third kappa shape index (κ3) is 1.58. The Labute approximate surface area is 94.5 Å². The predicted molar refractivity (Wildman–Crippen MR) is 55.2 cm³/mol. The number of nitrogens with zero attached hydrogens (tertiary/aromatic N) is 1. The van der Waals surface area contributed by atoms with Crippen LogP contribution in [0.15, 0.2) is 0 Å². The second kappa shape index (κ2) is 3.80. The number of hydrogen-bond acceptors (Lipinski definition) is 3. The summed E-state index contributed by atoms with van der Waals surface area (Å²) in [5.41, 5.74) is 0. The molecule has 2 unspecified atom stereocenters. The van der Waals surface area contributed by atoms with E-state index < -0.39 is 18.4 Å². The van der Waals surface area contributed by atoms with Crippen molar-refractivity contribution in [2.45, 2.75) is 28.7 Å². The van der Waals surface area contributed by atoms with Crippen molar-refractivity contribution in [1.82, 2.24) is 4.90 Å². The summed E-state index contributed by atoms with van der Waals surface area (Å²) < 4.78 is 17.6. The fourth-order valence-corrected chi connectivity index (χ4v) is 2.72. The highest BCUT2D eigenvalue weighted by Crippen LogP contribution is 2.37. The summed E-state index contributed by atoms with van der Waals surface area (Å²) in [5.74, 6) is 0. The van der Waals surface area contributed by atoms with Crippen LogP contribution in [0.1, 0.15) is 6.42 Å². The average molecular weight is 315 g/mol. The number of hydrogen-bond donors (Lipinski definition) is 1. The van der Waals surface area contributed by atoms with Gasteiger partial charge in [-0.2, -0.15) is 0 Å². The number of cyclic esters (lactones) is 1. The first-order valence-corrected chi connectivity index (χ1v) is 5.74. The Bertz CT molecular complexity index is 253. The number of ether oxygens (including phenoxy) is 1. The molecule has 2 fully saturated rings. The lowest BCUT2D eigenvalue weighted by atomic mass is 9.89. The molecule has 0 spiro atoms. The van der Waals surface area contributed by atoms with Crippen LogP contribution in [0.3, 0.4) is 0 Å². The van der Waals surface area contributed by atoms with E-state index in [1.807, 2.05) is 22.6 Å². The number of carbonyl (C=O) groups is 1. The van der Waals surface area contributed by atoms with E-state index in [4.69, 9.17) is 9.84 Å². The molecule has 0 bridgehead atoms. The summed E-state index contributed by atoms with van der Waals surface area (Å²) in [6.07, 6.45) is -1.30. The van der Waals surface area contributed by atoms with Gasteiger partial charge in [-0.15, -0.1) is 0 Å². The second-order valence-corrected chi connectivity index (χ2v) is 5.04. The van der Waals surface area contributed by atoms with Crippen LogP contribution in [-0.2, 0) is 4.74 Å². The highest BCUT2D eigenvalue weighted by atomic mass is 127. The standard InChI is InChI=1S/C8H11FINO3/c9-5-1-6(7(5)10)11-2-4(3-12)14-8(11)13/h4-7,12H,1-3H2/t4-,5?,6?,7+/m1/s1. The van der Waals surface area contributed by atoms with Crippen molar-refractivity contribution in [1.29, 1.82) is 0 Å². The molecule has 0 aromatic carbocycles. The van der Waals surface area contributed by atoms with Crippen LogP contribution in [0.25, 0.3) is 0 Å². The minimum absolute atomic E-state index is 0.0605. The normalized spacial score (nSPS) is 42.2. The van der Waals surface area contributed by atoms with Crippen LogP contribution >= 0.6 is 22.6 Å². The fourth-order valence-electron chi connectivity index (χ4n) is 1.74. The smallest absolute Gasteiger partial charge is 0.410 e. The topological polar surface area (TPSA) is 49.8 Å². The van der Waals surface area contributed by atoms with Gasteiger partial charge < -0.3 is 14.7 Å². The van der Waals surface area contributed by atoms with Crippen molar-refractivity contribution >= 4 is 28.7 Å². The van der Waals surface area contributed by atoms with Gasteiger partial charge in [0.1, 0.15) is 12.3 Å². The van der Waals surface area contributed by atoms with Gasteiger partial charge in [0.15, 0.2) is 0 Å². The molecular weight excluding hydrogens is 304 g/mol. The lowest BCUT2D eigenvalue weighted by Gasteiger charge is -2.40. The van der Waals surface area contributed by atoms with Gasteiger partial charge in [-0.3, -0.25) is 0 Å². The first kappa shape index (κ1) is 10.4. The number of carbonyl (C=O) groups excluding carboxylic acids is 1. The van der Waals surface area contributed by atoms with Crippen molar-refractivity contribution in [2.75, 3.05) is 13.2 Å². The van der Waals surface area contributed by atoms with Crippen molar-refractivity contribution in [3.8, 4) is 0 Å². The molecule has 0 radical (unpaired) electrons. The molecule has 14 heavy (non-hydrogen) atoms. The van der Waals surface area contributed by atoms with Gasteiger partial charge in [0, 0.05) is 6.42 Å². The third-order valence-electron chi connectivity index (χ3n) is 2.69. The zero-order valence-electron chi connectivity index (χ0n) is 7.40. The molecule has 80 valence electrons. The molecule has 1 saturated carbocycles. The van der Waals surface area contributed by atoms with E-state index in [2.05, 4.69) is 0 Å². The van der Waals surface area contributed by atoms with Crippen LogP contribution in [0, 0.1) is 0 Å². The van der Waals surface area contributed by atoms with Gasteiger partial charge in [-0.1, -0.05) is 22.6 Å². The fraction of sp³-hybridized carbons (Fsp3) is 0.875. The number of amides is 1. The first-order valence-electron chi connectivity index (χ1n) is 4.49. The molecule has 4 nitrogen and oxygen atoms in total. The summed E-state index contributed by atoms with van der Waals surface area (Å²) in [5, 5.41) is 8.81. The second-order valence-electron chi connectivity index (χ2n) is 3.60. The molecular formula is C8H11FINO3. The summed E-state index contributed by atoms with van der Waals surface area (Å²) in [4.78, 5) is 12.8. The SMILES string of the molecule is O=C1O[C@@H](CO)CN1C1CC(F)[C@@H]1I. The molecule has 4 atom stereocenters. The van der Waals surface area contributed by atoms with E-state index >= 15 is 0 Å². The summed E-state index contributed by atoms with van der Waals surface area (Å²) in [7, 11) is 0. The molecule has 1 heterocycles. The number of aliphatic hydroxyl groups excluding tert-OH is 1. The Morgan fingerprint density at radius 1 is 1.71 bits per heavy atom. The van der Waals surface area contributed by atoms with E-state index in [9.17, 15) is 9.18 Å². The van der Waals surface area contributed by atoms with E-state index in [1.54, 1.807) is 0 Å². The van der Waals surface area contributed by atoms with Crippen LogP contribution in [-0.4, -0.2) is 51.5 Å². The zero-order chi connectivity index (χ0) is 10.3. The summed E-state index contributed by atoms with van der Waals surface area (Å²) in [6.45, 7) is 0.214. The molecule has 1 N–H and O–H groups in total. The maximum Gasteiger partial charge on any atom is 0.410 e. The summed E-state index contributed by atoms with van der Waals surface area (Å²) >= 11 is 2.01. The first-order chi connectivity index (χ1) is 6.63. The van der Waals surface area contributed by atoms with Crippen molar-refractivity contribution in [2.24, 2.45) is 0 Å². The van der Waals surface area contributed by atoms with E-state index in [1.165, 1.54) is 4.90 Å². The summed E-state index contributed by atoms with van der Waals surface area (Å²) in [6, 6.07) is -0.0605. The quantitative estimate of drug-likeness (QED) is 0.603. The molecule has 2 rings (SSSR count). The number of halogens is 2. The predicted octanol–water partition coefficient (Wildman–Crippen LogP) is 0.714. The Kier molecular flexibility index (Phi) is 2.83. The van der Waals surface area contributed by atoms with Crippen molar-refractivity contribution in [3.63, 3.8) is 0 Å². The average Bonchev–Trinajstić information content (AvgIpc) is 2.55. The Morgan fingerprint density at radius 2 is 2.43 bits per heavy atom. The van der Waals surface area contributed by atoms with Gasteiger partial charge >= 0.3 is 6.09 Å². The molecule has 1 amide bonds.